The highest BCUT2D eigenvalue weighted by Gasteiger charge is 2.25. The molecule has 0 saturated heterocycles. The van der Waals surface area contributed by atoms with Gasteiger partial charge in [0.05, 0.1) is 5.56 Å². The van der Waals surface area contributed by atoms with Gasteiger partial charge in [0.2, 0.25) is 5.91 Å². The monoisotopic (exact) mass is 334 g/mol. The minimum absolute atomic E-state index is 0.0253. The van der Waals surface area contributed by atoms with E-state index in [4.69, 9.17) is 5.73 Å². The topological polar surface area (TPSA) is 72.2 Å². The third kappa shape index (κ3) is 3.20. The van der Waals surface area contributed by atoms with Gasteiger partial charge < -0.3 is 11.1 Å². The molecule has 0 aliphatic carbocycles. The van der Waals surface area contributed by atoms with Crippen molar-refractivity contribution in [3.63, 3.8) is 0 Å². The molecule has 0 aliphatic heterocycles. The van der Waals surface area contributed by atoms with Crippen molar-refractivity contribution < 1.29 is 9.59 Å². The minimum atomic E-state index is -0.685. The number of carbonyl (C=O) groups excluding carboxylic acids is 2. The average molecular weight is 334 g/mol. The van der Waals surface area contributed by atoms with Crippen molar-refractivity contribution in [2.24, 2.45) is 11.7 Å². The summed E-state index contributed by atoms with van der Waals surface area (Å²) < 4.78 is 0. The van der Waals surface area contributed by atoms with Crippen molar-refractivity contribution >= 4 is 33.4 Å². The maximum absolute atomic E-state index is 13.1. The summed E-state index contributed by atoms with van der Waals surface area (Å²) >= 11 is 0. The molecule has 0 fully saturated rings. The zero-order chi connectivity index (χ0) is 18.0. The van der Waals surface area contributed by atoms with Crippen LogP contribution in [0, 0.1) is 5.92 Å². The number of rotatable bonds is 5. The Morgan fingerprint density at radius 3 is 2.00 bits per heavy atom. The maximum Gasteiger partial charge on any atom is 0.253 e. The third-order valence-corrected chi connectivity index (χ3v) is 4.80. The highest BCUT2D eigenvalue weighted by atomic mass is 16.2. The number of benzene rings is 3. The van der Waals surface area contributed by atoms with Gasteiger partial charge in [0, 0.05) is 0 Å². The van der Waals surface area contributed by atoms with Crippen molar-refractivity contribution in [2.75, 3.05) is 0 Å². The van der Waals surface area contributed by atoms with E-state index >= 15 is 0 Å². The van der Waals surface area contributed by atoms with Gasteiger partial charge in [0.15, 0.2) is 0 Å². The number of nitrogens with one attached hydrogen (secondary N) is 1. The molecular formula is C21H22N2O2. The largest absolute Gasteiger partial charge is 0.368 e. The van der Waals surface area contributed by atoms with Crippen LogP contribution in [0.4, 0.5) is 0 Å². The SMILES string of the molecule is CC[C@@H](C)[C@H](NC(=O)c1c2ccccc2cc2ccccc12)C(N)=O. The number of fused-ring (bicyclic) bond motifs is 2. The van der Waals surface area contributed by atoms with Crippen LogP contribution in [0.2, 0.25) is 0 Å². The van der Waals surface area contributed by atoms with Crippen LogP contribution < -0.4 is 11.1 Å². The van der Waals surface area contributed by atoms with Crippen LogP contribution in [0.15, 0.2) is 54.6 Å². The molecule has 0 radical (unpaired) electrons. The number of hydrogen-bond donors (Lipinski definition) is 2. The lowest BCUT2D eigenvalue weighted by atomic mass is 9.94. The first-order chi connectivity index (χ1) is 12.0. The summed E-state index contributed by atoms with van der Waals surface area (Å²) in [6.07, 6.45) is 0.754. The van der Waals surface area contributed by atoms with E-state index in [1.165, 1.54) is 0 Å². The van der Waals surface area contributed by atoms with Crippen LogP contribution in [0.5, 0.6) is 0 Å². The number of nitrogens with two attached hydrogens (primary N) is 1. The summed E-state index contributed by atoms with van der Waals surface area (Å²) in [7, 11) is 0. The Hall–Kier alpha value is -2.88. The summed E-state index contributed by atoms with van der Waals surface area (Å²) in [6, 6.07) is 16.9. The zero-order valence-electron chi connectivity index (χ0n) is 14.5. The normalized spacial score (nSPS) is 13.5. The Kier molecular flexibility index (Phi) is 4.70. The Labute approximate surface area is 147 Å². The number of carbonyl (C=O) groups is 2. The van der Waals surface area contributed by atoms with E-state index in [1.807, 2.05) is 62.4 Å². The molecule has 3 aromatic rings. The molecule has 4 heteroatoms. The second kappa shape index (κ2) is 6.93. The highest BCUT2D eigenvalue weighted by Crippen LogP contribution is 2.28. The molecule has 0 saturated carbocycles. The van der Waals surface area contributed by atoms with Crippen molar-refractivity contribution in [3.8, 4) is 0 Å². The number of primary amides is 1. The second-order valence-electron chi connectivity index (χ2n) is 6.43. The summed E-state index contributed by atoms with van der Waals surface area (Å²) in [4.78, 5) is 24.9. The fourth-order valence-corrected chi connectivity index (χ4v) is 3.20. The molecule has 0 unspecified atom stereocenters. The van der Waals surface area contributed by atoms with Crippen molar-refractivity contribution in [1.29, 1.82) is 0 Å². The van der Waals surface area contributed by atoms with E-state index in [-0.39, 0.29) is 11.8 Å². The van der Waals surface area contributed by atoms with Gasteiger partial charge in [-0.1, -0.05) is 68.8 Å². The molecule has 2 amide bonds. The van der Waals surface area contributed by atoms with E-state index in [1.54, 1.807) is 0 Å². The van der Waals surface area contributed by atoms with Crippen LogP contribution in [0.1, 0.15) is 30.6 Å². The van der Waals surface area contributed by atoms with Crippen LogP contribution >= 0.6 is 0 Å². The van der Waals surface area contributed by atoms with E-state index in [0.717, 1.165) is 28.0 Å². The third-order valence-electron chi connectivity index (χ3n) is 4.80. The molecule has 0 heterocycles. The number of hydrogen-bond acceptors (Lipinski definition) is 2. The van der Waals surface area contributed by atoms with Gasteiger partial charge >= 0.3 is 0 Å². The minimum Gasteiger partial charge on any atom is -0.368 e. The molecule has 2 atom stereocenters. The summed E-state index contributed by atoms with van der Waals surface area (Å²) in [6.45, 7) is 3.89. The lowest BCUT2D eigenvalue weighted by Gasteiger charge is -2.22. The molecule has 3 aromatic carbocycles. The maximum atomic E-state index is 13.1. The molecule has 25 heavy (non-hydrogen) atoms. The zero-order valence-corrected chi connectivity index (χ0v) is 14.5. The van der Waals surface area contributed by atoms with Gasteiger partial charge in [-0.2, -0.15) is 0 Å². The predicted molar refractivity (Wildman–Crippen MR) is 101 cm³/mol. The fraction of sp³-hybridized carbons (Fsp3) is 0.238. The van der Waals surface area contributed by atoms with Crippen molar-refractivity contribution in [2.45, 2.75) is 26.3 Å². The Bertz CT molecular complexity index is 895. The smallest absolute Gasteiger partial charge is 0.253 e. The van der Waals surface area contributed by atoms with Gasteiger partial charge in [-0.3, -0.25) is 9.59 Å². The van der Waals surface area contributed by atoms with Crippen LogP contribution in [-0.4, -0.2) is 17.9 Å². The molecule has 0 bridgehead atoms. The lowest BCUT2D eigenvalue weighted by Crippen LogP contribution is -2.48. The Morgan fingerprint density at radius 1 is 1.00 bits per heavy atom. The number of amides is 2. The Morgan fingerprint density at radius 2 is 1.52 bits per heavy atom. The first kappa shape index (κ1) is 17.0. The molecule has 0 aromatic heterocycles. The molecule has 3 rings (SSSR count). The van der Waals surface area contributed by atoms with Gasteiger partial charge in [-0.15, -0.1) is 0 Å². The predicted octanol–water partition coefficient (Wildman–Crippen LogP) is 3.62. The quantitative estimate of drug-likeness (QED) is 0.700. The lowest BCUT2D eigenvalue weighted by molar-refractivity contribution is -0.120. The van der Waals surface area contributed by atoms with E-state index in [0.29, 0.717) is 5.56 Å². The molecular weight excluding hydrogens is 312 g/mol. The van der Waals surface area contributed by atoms with E-state index < -0.39 is 11.9 Å². The second-order valence-corrected chi connectivity index (χ2v) is 6.43. The first-order valence-electron chi connectivity index (χ1n) is 8.53. The van der Waals surface area contributed by atoms with Crippen LogP contribution in [0.25, 0.3) is 21.5 Å². The van der Waals surface area contributed by atoms with Crippen molar-refractivity contribution in [1.82, 2.24) is 5.32 Å². The molecule has 4 nitrogen and oxygen atoms in total. The Balaban J connectivity index is 2.15. The summed E-state index contributed by atoms with van der Waals surface area (Å²) in [5.41, 5.74) is 6.10. The van der Waals surface area contributed by atoms with E-state index in [2.05, 4.69) is 11.4 Å². The van der Waals surface area contributed by atoms with Gasteiger partial charge in [-0.05, 0) is 33.5 Å². The molecule has 0 aliphatic rings. The first-order valence-corrected chi connectivity index (χ1v) is 8.53. The van der Waals surface area contributed by atoms with Crippen LogP contribution in [-0.2, 0) is 4.79 Å². The highest BCUT2D eigenvalue weighted by molar-refractivity contribution is 6.18. The standard InChI is InChI=1S/C21H22N2O2/c1-3-13(2)19(20(22)24)23-21(25)18-16-10-6-4-8-14(16)12-15-9-5-7-11-17(15)18/h4-13,19H,3H2,1-2H3,(H2,22,24)(H,23,25)/t13-,19+/m1/s1. The summed E-state index contributed by atoms with van der Waals surface area (Å²) in [5.74, 6) is -0.799. The average Bonchev–Trinajstić information content (AvgIpc) is 2.62. The van der Waals surface area contributed by atoms with Crippen LogP contribution in [0.3, 0.4) is 0 Å². The molecule has 128 valence electrons. The van der Waals surface area contributed by atoms with E-state index in [9.17, 15) is 9.59 Å². The molecule has 0 spiro atoms. The van der Waals surface area contributed by atoms with Gasteiger partial charge in [0.25, 0.3) is 5.91 Å². The van der Waals surface area contributed by atoms with Gasteiger partial charge in [0.1, 0.15) is 6.04 Å². The van der Waals surface area contributed by atoms with Gasteiger partial charge in [-0.25, -0.2) is 0 Å². The molecule has 3 N–H and O–H groups in total. The van der Waals surface area contributed by atoms with Crippen molar-refractivity contribution in [3.05, 3.63) is 60.2 Å². The summed E-state index contributed by atoms with van der Waals surface area (Å²) in [5, 5.41) is 6.57. The fourth-order valence-electron chi connectivity index (χ4n) is 3.20.